The van der Waals surface area contributed by atoms with Crippen molar-refractivity contribution >= 4 is 12.4 Å². The third-order valence-electron chi connectivity index (χ3n) is 1.96. The first-order chi connectivity index (χ1) is 5.91. The molecule has 0 saturated heterocycles. The minimum atomic E-state index is 0. The van der Waals surface area contributed by atoms with Gasteiger partial charge in [0.25, 0.3) is 0 Å². The van der Waals surface area contributed by atoms with Gasteiger partial charge in [-0.15, -0.1) is 12.4 Å². The number of rotatable bonds is 7. The average molecular weight is 210 g/mol. The maximum Gasteiger partial charge on any atom is -0.0195 e. The molecule has 0 aliphatic carbocycles. The molecule has 0 aromatic heterocycles. The summed E-state index contributed by atoms with van der Waals surface area (Å²) in [5.74, 6) is 0. The Hall–Kier alpha value is 0.250. The first-order valence-corrected chi connectivity index (χ1v) is 5.49. The second-order valence-electron chi connectivity index (χ2n) is 3.12. The van der Waals surface area contributed by atoms with Crippen molar-refractivity contribution in [1.82, 2.24) is 0 Å². The van der Waals surface area contributed by atoms with Gasteiger partial charge < -0.3 is 5.73 Å². The van der Waals surface area contributed by atoms with Crippen LogP contribution in [0.4, 0.5) is 0 Å². The number of hydrogen-bond donors (Lipinski definition) is 1. The fourth-order valence-electron chi connectivity index (χ4n) is 1.21. The second-order valence-corrected chi connectivity index (χ2v) is 3.12. The molecule has 0 rings (SSSR count). The largest absolute Gasteiger partial charge is 0.333 e. The summed E-state index contributed by atoms with van der Waals surface area (Å²) in [5.41, 5.74) is 4.50. The summed E-state index contributed by atoms with van der Waals surface area (Å²) in [6.45, 7) is 4.54. The molecule has 0 bridgehead atoms. The van der Waals surface area contributed by atoms with Gasteiger partial charge in [-0.2, -0.15) is 0 Å². The molecule has 0 aromatic rings. The molecule has 0 atom stereocenters. The van der Waals surface area contributed by atoms with Gasteiger partial charge >= 0.3 is 0 Å². The lowest BCUT2D eigenvalue weighted by molar-refractivity contribution is 0.585. The molecular formula is C11H28ClN. The molecule has 0 saturated carbocycles. The topological polar surface area (TPSA) is 26.0 Å². The van der Waals surface area contributed by atoms with E-state index in [1.807, 2.05) is 0 Å². The molecule has 0 aromatic carbocycles. The molecule has 0 aliphatic rings. The number of hydrogen-bond acceptors (Lipinski definition) is 1. The minimum absolute atomic E-state index is 0. The highest BCUT2D eigenvalue weighted by Crippen LogP contribution is 2.07. The van der Waals surface area contributed by atoms with Gasteiger partial charge in [0.05, 0.1) is 0 Å². The molecule has 2 N–H and O–H groups in total. The molecule has 0 amide bonds. The first-order valence-electron chi connectivity index (χ1n) is 5.49. The van der Waals surface area contributed by atoms with Crippen LogP contribution in [-0.2, 0) is 0 Å². The van der Waals surface area contributed by atoms with E-state index in [1.165, 1.54) is 58.4 Å². The third-order valence-corrected chi connectivity index (χ3v) is 1.96. The molecule has 84 valence electrons. The van der Waals surface area contributed by atoms with E-state index in [9.17, 15) is 0 Å². The number of halogens is 1. The van der Waals surface area contributed by atoms with Crippen LogP contribution >= 0.6 is 12.4 Å². The van der Waals surface area contributed by atoms with Crippen molar-refractivity contribution in [3.8, 4) is 0 Å². The molecule has 0 spiro atoms. The van der Waals surface area contributed by atoms with E-state index in [0.717, 1.165) is 0 Å². The maximum atomic E-state index is 4.50. The van der Waals surface area contributed by atoms with Gasteiger partial charge in [0, 0.05) is 0 Å². The Balaban J connectivity index is -0.000000309. The van der Waals surface area contributed by atoms with Gasteiger partial charge in [-0.05, 0) is 7.05 Å². The fourth-order valence-corrected chi connectivity index (χ4v) is 1.21. The zero-order valence-electron chi connectivity index (χ0n) is 9.64. The minimum Gasteiger partial charge on any atom is -0.333 e. The van der Waals surface area contributed by atoms with Gasteiger partial charge in [-0.1, -0.05) is 65.2 Å². The van der Waals surface area contributed by atoms with Crippen molar-refractivity contribution in [3.63, 3.8) is 0 Å². The summed E-state index contributed by atoms with van der Waals surface area (Å²) >= 11 is 0. The predicted octanol–water partition coefficient (Wildman–Crippen LogP) is 4.14. The Kier molecular flexibility index (Phi) is 33.2. The Labute approximate surface area is 90.9 Å². The zero-order chi connectivity index (χ0) is 9.66. The quantitative estimate of drug-likeness (QED) is 0.627. The third kappa shape index (κ3) is 24.5. The summed E-state index contributed by atoms with van der Waals surface area (Å²) in [4.78, 5) is 0. The number of nitrogens with two attached hydrogens (primary N) is 1. The highest BCUT2D eigenvalue weighted by molar-refractivity contribution is 5.85. The van der Waals surface area contributed by atoms with E-state index in [4.69, 9.17) is 0 Å². The Morgan fingerprint density at radius 1 is 0.615 bits per heavy atom. The molecule has 0 fully saturated rings. The van der Waals surface area contributed by atoms with Crippen molar-refractivity contribution < 1.29 is 0 Å². The number of unbranched alkanes of at least 4 members (excludes halogenated alkanes) is 7. The van der Waals surface area contributed by atoms with Crippen molar-refractivity contribution in [2.24, 2.45) is 5.73 Å². The van der Waals surface area contributed by atoms with Crippen LogP contribution in [0.5, 0.6) is 0 Å². The molecule has 1 nitrogen and oxygen atoms in total. The van der Waals surface area contributed by atoms with Crippen LogP contribution in [0.3, 0.4) is 0 Å². The van der Waals surface area contributed by atoms with Gasteiger partial charge in [0.2, 0.25) is 0 Å². The molecule has 0 radical (unpaired) electrons. The molecule has 0 heterocycles. The molecule has 0 aliphatic heterocycles. The summed E-state index contributed by atoms with van der Waals surface area (Å²) in [7, 11) is 1.50. The fraction of sp³-hybridized carbons (Fsp3) is 1.00. The van der Waals surface area contributed by atoms with Crippen LogP contribution in [0.25, 0.3) is 0 Å². The van der Waals surface area contributed by atoms with Crippen molar-refractivity contribution in [1.29, 1.82) is 0 Å². The van der Waals surface area contributed by atoms with Gasteiger partial charge in [0.1, 0.15) is 0 Å². The molecule has 0 unspecified atom stereocenters. The normalized spacial score (nSPS) is 8.31. The summed E-state index contributed by atoms with van der Waals surface area (Å²) in [6.07, 6.45) is 11.5. The Morgan fingerprint density at radius 2 is 0.846 bits per heavy atom. The lowest BCUT2D eigenvalue weighted by Gasteiger charge is -1.97. The van der Waals surface area contributed by atoms with E-state index >= 15 is 0 Å². The van der Waals surface area contributed by atoms with Crippen LogP contribution in [0, 0.1) is 0 Å². The maximum absolute atomic E-state index is 4.50. The van der Waals surface area contributed by atoms with Crippen LogP contribution in [0.2, 0.25) is 0 Å². The van der Waals surface area contributed by atoms with Gasteiger partial charge in [-0.3, -0.25) is 0 Å². The Morgan fingerprint density at radius 3 is 1.08 bits per heavy atom. The average Bonchev–Trinajstić information content (AvgIpc) is 2.15. The van der Waals surface area contributed by atoms with Crippen LogP contribution in [0.15, 0.2) is 0 Å². The standard InChI is InChI=1S/C10H22.CH5N.ClH/c1-3-5-7-9-10-8-6-4-2;1-2;/h3-10H2,1-2H3;2H2,1H3;1H. The first kappa shape index (κ1) is 18.9. The van der Waals surface area contributed by atoms with Crippen LogP contribution in [-0.4, -0.2) is 7.05 Å². The summed E-state index contributed by atoms with van der Waals surface area (Å²) < 4.78 is 0. The van der Waals surface area contributed by atoms with E-state index in [0.29, 0.717) is 0 Å². The van der Waals surface area contributed by atoms with Crippen LogP contribution in [0.1, 0.15) is 65.2 Å². The predicted molar refractivity (Wildman–Crippen MR) is 65.6 cm³/mol. The van der Waals surface area contributed by atoms with E-state index in [-0.39, 0.29) is 12.4 Å². The van der Waals surface area contributed by atoms with Gasteiger partial charge in [-0.25, -0.2) is 0 Å². The van der Waals surface area contributed by atoms with Crippen molar-refractivity contribution in [2.75, 3.05) is 7.05 Å². The van der Waals surface area contributed by atoms with Gasteiger partial charge in [0.15, 0.2) is 0 Å². The second kappa shape index (κ2) is 22.8. The summed E-state index contributed by atoms with van der Waals surface area (Å²) in [5, 5.41) is 0. The lowest BCUT2D eigenvalue weighted by Crippen LogP contribution is -1.77. The lowest BCUT2D eigenvalue weighted by atomic mass is 10.1. The molecule has 13 heavy (non-hydrogen) atoms. The Bertz CT molecular complexity index is 50.1. The molecule has 2 heteroatoms. The van der Waals surface area contributed by atoms with E-state index < -0.39 is 0 Å². The molecular weight excluding hydrogens is 182 g/mol. The van der Waals surface area contributed by atoms with E-state index in [1.54, 1.807) is 0 Å². The van der Waals surface area contributed by atoms with Crippen molar-refractivity contribution in [3.05, 3.63) is 0 Å². The van der Waals surface area contributed by atoms with Crippen molar-refractivity contribution in [2.45, 2.75) is 65.2 Å². The highest BCUT2D eigenvalue weighted by atomic mass is 35.5. The summed E-state index contributed by atoms with van der Waals surface area (Å²) in [6, 6.07) is 0. The smallest absolute Gasteiger partial charge is 0.0195 e. The monoisotopic (exact) mass is 209 g/mol. The van der Waals surface area contributed by atoms with Crippen LogP contribution < -0.4 is 5.73 Å². The highest BCUT2D eigenvalue weighted by Gasteiger charge is 1.87. The SMILES string of the molecule is CCCCCCCCCC.CN.Cl. The zero-order valence-corrected chi connectivity index (χ0v) is 10.5. The van der Waals surface area contributed by atoms with E-state index in [2.05, 4.69) is 19.6 Å².